The van der Waals surface area contributed by atoms with Crippen LogP contribution in [-0.4, -0.2) is 45.3 Å². The van der Waals surface area contributed by atoms with E-state index in [4.69, 9.17) is 13.9 Å². The van der Waals surface area contributed by atoms with Crippen LogP contribution in [-0.2, 0) is 34.3 Å². The summed E-state index contributed by atoms with van der Waals surface area (Å²) in [6, 6.07) is 12.9. The van der Waals surface area contributed by atoms with E-state index in [0.717, 1.165) is 11.6 Å². The Morgan fingerprint density at radius 3 is 2.43 bits per heavy atom. The highest BCUT2D eigenvalue weighted by Crippen LogP contribution is 2.33. The van der Waals surface area contributed by atoms with Gasteiger partial charge >= 0.3 is 0 Å². The lowest BCUT2D eigenvalue weighted by atomic mass is 10.1. The van der Waals surface area contributed by atoms with Crippen molar-refractivity contribution in [3.63, 3.8) is 0 Å². The molecule has 2 aromatic carbocycles. The number of nitrogens with zero attached hydrogens (tertiary/aromatic N) is 1. The lowest BCUT2D eigenvalue weighted by Gasteiger charge is -2.16. The number of fused-ring (bicyclic) bond motifs is 1. The van der Waals surface area contributed by atoms with Gasteiger partial charge in [-0.1, -0.05) is 12.6 Å². The molecule has 10 nitrogen and oxygen atoms in total. The first kappa shape index (κ1) is 26.0. The van der Waals surface area contributed by atoms with E-state index in [1.807, 2.05) is 18.2 Å². The lowest BCUT2D eigenvalue weighted by molar-refractivity contribution is -0.112. The smallest absolute Gasteiger partial charge is 0.251 e. The molecule has 0 atom stereocenters. The predicted octanol–water partition coefficient (Wildman–Crippen LogP) is 3.10. The molecule has 0 radical (unpaired) electrons. The fourth-order valence-corrected chi connectivity index (χ4v) is 5.30. The molecule has 1 aliphatic heterocycles. The van der Waals surface area contributed by atoms with Gasteiger partial charge in [-0.15, -0.1) is 0 Å². The van der Waals surface area contributed by atoms with Gasteiger partial charge in [-0.2, -0.15) is 4.31 Å². The Hall–Kier alpha value is -4.09. The summed E-state index contributed by atoms with van der Waals surface area (Å²) in [5, 5.41) is 5.36. The number of carbonyl (C=O) groups excluding carboxylic acids is 2. The summed E-state index contributed by atoms with van der Waals surface area (Å²) in [4.78, 5) is 24.1. The van der Waals surface area contributed by atoms with E-state index in [-0.39, 0.29) is 29.8 Å². The number of furan rings is 1. The number of benzene rings is 2. The molecule has 0 saturated carbocycles. The Bertz CT molecular complexity index is 1410. The van der Waals surface area contributed by atoms with Crippen molar-refractivity contribution in [3.05, 3.63) is 83.6 Å². The van der Waals surface area contributed by atoms with Crippen LogP contribution in [0.15, 0.2) is 70.5 Å². The first-order chi connectivity index (χ1) is 17.7. The minimum atomic E-state index is -3.81. The second-order valence-electron chi connectivity index (χ2n) is 8.25. The highest BCUT2D eigenvalue weighted by atomic mass is 32.2. The van der Waals surface area contributed by atoms with Crippen molar-refractivity contribution in [2.75, 3.05) is 26.1 Å². The zero-order chi connectivity index (χ0) is 26.6. The molecule has 2 amide bonds. The maximum Gasteiger partial charge on any atom is 0.251 e. The molecule has 1 aliphatic rings. The third kappa shape index (κ3) is 5.68. The molecule has 2 N–H and O–H groups in total. The van der Waals surface area contributed by atoms with Crippen molar-refractivity contribution in [1.29, 1.82) is 0 Å². The van der Waals surface area contributed by atoms with Crippen molar-refractivity contribution in [2.45, 2.75) is 24.4 Å². The van der Waals surface area contributed by atoms with Crippen molar-refractivity contribution in [1.82, 2.24) is 9.62 Å². The summed E-state index contributed by atoms with van der Waals surface area (Å²) in [5.74, 6) is 1.23. The molecule has 1 aromatic heterocycles. The number of methoxy groups -OCH3 is 2. The van der Waals surface area contributed by atoms with Gasteiger partial charge in [-0.3, -0.25) is 14.9 Å². The SMILES string of the molecule is C=CC(=O)Nc1cc2c(o1)CN(S(=O)(=O)c1ccc(C(=O)NCCc3ccc(OC)c(OC)c3)cc1)C2. The predicted molar refractivity (Wildman–Crippen MR) is 136 cm³/mol. The van der Waals surface area contributed by atoms with Crippen LogP contribution in [0.1, 0.15) is 27.2 Å². The molecule has 0 bridgehead atoms. The van der Waals surface area contributed by atoms with E-state index in [1.165, 1.54) is 28.6 Å². The van der Waals surface area contributed by atoms with E-state index >= 15 is 0 Å². The van der Waals surface area contributed by atoms with Gasteiger partial charge in [-0.25, -0.2) is 8.42 Å². The number of hydrogen-bond acceptors (Lipinski definition) is 7. The topological polar surface area (TPSA) is 127 Å². The average molecular weight is 526 g/mol. The Kier molecular flexibility index (Phi) is 7.65. The lowest BCUT2D eigenvalue weighted by Crippen LogP contribution is -2.27. The molecule has 4 rings (SSSR count). The number of sulfonamides is 1. The number of ether oxygens (including phenoxy) is 2. The molecule has 0 aliphatic carbocycles. The van der Waals surface area contributed by atoms with Gasteiger partial charge in [0.2, 0.25) is 15.9 Å². The summed E-state index contributed by atoms with van der Waals surface area (Å²) in [5.41, 5.74) is 2.00. The van der Waals surface area contributed by atoms with Gasteiger partial charge in [0.05, 0.1) is 25.7 Å². The Balaban J connectivity index is 1.34. The van der Waals surface area contributed by atoms with Crippen LogP contribution < -0.4 is 20.1 Å². The van der Waals surface area contributed by atoms with Crippen LogP contribution in [0.3, 0.4) is 0 Å². The van der Waals surface area contributed by atoms with Gasteiger partial charge in [0, 0.05) is 30.3 Å². The second-order valence-corrected chi connectivity index (χ2v) is 10.2. The van der Waals surface area contributed by atoms with Crippen molar-refractivity contribution in [3.8, 4) is 11.5 Å². The standard InChI is InChI=1S/C26H27N3O7S/c1-4-24(30)28-25-14-19-15-29(16-23(19)36-25)37(32,33)20-8-6-18(7-9-20)26(31)27-12-11-17-5-10-21(34-2)22(13-17)35-3/h4-10,13-14H,1,11-12,15-16H2,2-3H3,(H,27,31)(H,28,30). The van der Waals surface area contributed by atoms with Gasteiger partial charge in [-0.05, 0) is 54.5 Å². The molecule has 0 unspecified atom stereocenters. The number of carbonyl (C=O) groups is 2. The molecule has 0 fully saturated rings. The molecule has 37 heavy (non-hydrogen) atoms. The second kappa shape index (κ2) is 10.9. The minimum absolute atomic E-state index is 0.0417. The molecular formula is C26H27N3O7S. The van der Waals surface area contributed by atoms with Crippen LogP contribution in [0, 0.1) is 0 Å². The summed E-state index contributed by atoms with van der Waals surface area (Å²) < 4.78 is 43.6. The molecule has 11 heteroatoms. The highest BCUT2D eigenvalue weighted by molar-refractivity contribution is 7.89. The van der Waals surface area contributed by atoms with E-state index in [0.29, 0.717) is 41.4 Å². The van der Waals surface area contributed by atoms with Crippen molar-refractivity contribution in [2.24, 2.45) is 0 Å². The van der Waals surface area contributed by atoms with Crippen LogP contribution in [0.2, 0.25) is 0 Å². The first-order valence-corrected chi connectivity index (χ1v) is 12.8. The van der Waals surface area contributed by atoms with E-state index < -0.39 is 15.9 Å². The summed E-state index contributed by atoms with van der Waals surface area (Å²) in [6.07, 6.45) is 1.70. The average Bonchev–Trinajstić information content (AvgIpc) is 3.48. The number of amides is 2. The van der Waals surface area contributed by atoms with Crippen molar-refractivity contribution < 1.29 is 31.9 Å². The van der Waals surface area contributed by atoms with Crippen LogP contribution in [0.4, 0.5) is 5.88 Å². The molecule has 0 spiro atoms. The third-order valence-corrected chi connectivity index (χ3v) is 7.70. The van der Waals surface area contributed by atoms with Crippen LogP contribution in [0.5, 0.6) is 11.5 Å². The minimum Gasteiger partial charge on any atom is -0.493 e. The van der Waals surface area contributed by atoms with Gasteiger partial charge in [0.25, 0.3) is 5.91 Å². The zero-order valence-electron chi connectivity index (χ0n) is 20.4. The quantitative estimate of drug-likeness (QED) is 0.390. The summed E-state index contributed by atoms with van der Waals surface area (Å²) in [6.45, 7) is 3.93. The zero-order valence-corrected chi connectivity index (χ0v) is 21.3. The highest BCUT2D eigenvalue weighted by Gasteiger charge is 2.33. The fourth-order valence-electron chi connectivity index (χ4n) is 3.93. The Morgan fingerprint density at radius 2 is 1.78 bits per heavy atom. The number of rotatable bonds is 10. The first-order valence-electron chi connectivity index (χ1n) is 11.4. The fraction of sp³-hybridized carbons (Fsp3) is 0.231. The molecule has 194 valence electrons. The number of hydrogen-bond donors (Lipinski definition) is 2. The molecule has 2 heterocycles. The van der Waals surface area contributed by atoms with Crippen molar-refractivity contribution >= 4 is 27.7 Å². The summed E-state index contributed by atoms with van der Waals surface area (Å²) >= 11 is 0. The van der Waals surface area contributed by atoms with E-state index in [2.05, 4.69) is 17.2 Å². The third-order valence-electron chi connectivity index (χ3n) is 5.90. The van der Waals surface area contributed by atoms with Gasteiger partial charge in [0.1, 0.15) is 5.76 Å². The number of nitrogens with one attached hydrogen (secondary N) is 2. The van der Waals surface area contributed by atoms with Crippen LogP contribution in [0.25, 0.3) is 0 Å². The van der Waals surface area contributed by atoms with Gasteiger partial charge in [0.15, 0.2) is 17.4 Å². The molecule has 0 saturated heterocycles. The largest absolute Gasteiger partial charge is 0.493 e. The molecular weight excluding hydrogens is 498 g/mol. The maximum absolute atomic E-state index is 13.1. The summed E-state index contributed by atoms with van der Waals surface area (Å²) in [7, 11) is -0.679. The van der Waals surface area contributed by atoms with Gasteiger partial charge < -0.3 is 19.2 Å². The monoisotopic (exact) mass is 525 g/mol. The van der Waals surface area contributed by atoms with Crippen LogP contribution >= 0.6 is 0 Å². The Labute approximate surface area is 214 Å². The molecule has 3 aromatic rings. The van der Waals surface area contributed by atoms with E-state index in [1.54, 1.807) is 20.3 Å². The maximum atomic E-state index is 13.1. The Morgan fingerprint density at radius 1 is 1.05 bits per heavy atom. The van der Waals surface area contributed by atoms with E-state index in [9.17, 15) is 18.0 Å². The number of anilines is 1. The normalized spacial score (nSPS) is 13.0.